The Labute approximate surface area is 117 Å². The van der Waals surface area contributed by atoms with Gasteiger partial charge in [-0.3, -0.25) is 9.67 Å². The van der Waals surface area contributed by atoms with E-state index in [1.165, 1.54) is 0 Å². The largest absolute Gasteiger partial charge is 0.272 e. The van der Waals surface area contributed by atoms with Crippen molar-refractivity contribution in [1.82, 2.24) is 14.8 Å². The highest BCUT2D eigenvalue weighted by Gasteiger charge is 2.12. The minimum atomic E-state index is 0.522. The number of hydrogen-bond donors (Lipinski definition) is 1. The highest BCUT2D eigenvalue weighted by molar-refractivity contribution is 7.71. The minimum absolute atomic E-state index is 0.522. The van der Waals surface area contributed by atoms with Crippen LogP contribution in [0.15, 0.2) is 18.2 Å². The summed E-state index contributed by atoms with van der Waals surface area (Å²) in [7, 11) is 0. The van der Waals surface area contributed by atoms with Crippen LogP contribution < -0.4 is 0 Å². The molecular weight excluding hydrogens is 266 g/mol. The van der Waals surface area contributed by atoms with Gasteiger partial charge in [0.1, 0.15) is 5.82 Å². The topological polar surface area (TPSA) is 33.6 Å². The number of H-pyrrole nitrogens is 1. The Balaban J connectivity index is 2.60. The molecule has 2 rings (SSSR count). The van der Waals surface area contributed by atoms with Gasteiger partial charge in [0.25, 0.3) is 0 Å². The molecule has 0 saturated carbocycles. The van der Waals surface area contributed by atoms with Gasteiger partial charge in [0.2, 0.25) is 0 Å². The quantitative estimate of drug-likeness (QED) is 0.860. The molecule has 3 nitrogen and oxygen atoms in total. The van der Waals surface area contributed by atoms with Gasteiger partial charge in [0.05, 0.1) is 5.69 Å². The van der Waals surface area contributed by atoms with E-state index in [-0.39, 0.29) is 0 Å². The van der Waals surface area contributed by atoms with Crippen molar-refractivity contribution in [3.8, 4) is 5.69 Å². The fourth-order valence-corrected chi connectivity index (χ4v) is 2.34. The van der Waals surface area contributed by atoms with E-state index in [9.17, 15) is 0 Å². The van der Waals surface area contributed by atoms with Crippen molar-refractivity contribution < 1.29 is 0 Å². The molecule has 0 fully saturated rings. The van der Waals surface area contributed by atoms with Crippen molar-refractivity contribution in [2.75, 3.05) is 0 Å². The normalized spacial score (nSPS) is 11.2. The Kier molecular flexibility index (Phi) is 3.88. The monoisotopic (exact) mass is 281 g/mol. The predicted molar refractivity (Wildman–Crippen MR) is 77.0 cm³/mol. The number of hydrogen-bond acceptors (Lipinski definition) is 2. The summed E-state index contributed by atoms with van der Waals surface area (Å²) in [5.74, 6) is 1.47. The summed E-state index contributed by atoms with van der Waals surface area (Å²) in [5, 5.41) is 7.91. The molecule has 0 saturated heterocycles. The number of benzene rings is 1. The molecule has 2 aromatic rings. The lowest BCUT2D eigenvalue weighted by atomic mass is 10.1. The SMILES string of the molecule is Cc1c(Cl)cccc1-n1c(CC(C)C)n[nH]c1=S. The van der Waals surface area contributed by atoms with Gasteiger partial charge in [0.15, 0.2) is 4.77 Å². The van der Waals surface area contributed by atoms with Crippen LogP contribution in [0.5, 0.6) is 0 Å². The highest BCUT2D eigenvalue weighted by atomic mass is 35.5. The lowest BCUT2D eigenvalue weighted by Gasteiger charge is -2.12. The molecular formula is C13H16ClN3S. The Morgan fingerprint density at radius 2 is 2.17 bits per heavy atom. The first-order valence-corrected chi connectivity index (χ1v) is 6.71. The second-order valence-electron chi connectivity index (χ2n) is 4.76. The molecule has 1 aromatic carbocycles. The molecule has 96 valence electrons. The number of rotatable bonds is 3. The third-order valence-corrected chi connectivity index (χ3v) is 3.50. The third-order valence-electron chi connectivity index (χ3n) is 2.81. The molecule has 18 heavy (non-hydrogen) atoms. The second-order valence-corrected chi connectivity index (χ2v) is 5.56. The van der Waals surface area contributed by atoms with E-state index in [1.54, 1.807) is 0 Å². The standard InChI is InChI=1S/C13H16ClN3S/c1-8(2)7-12-15-16-13(18)17(12)11-6-4-5-10(14)9(11)3/h4-6,8H,7H2,1-3H3,(H,16,18). The average molecular weight is 282 g/mol. The maximum Gasteiger partial charge on any atom is 0.199 e. The highest BCUT2D eigenvalue weighted by Crippen LogP contribution is 2.23. The smallest absolute Gasteiger partial charge is 0.199 e. The second kappa shape index (κ2) is 5.24. The van der Waals surface area contributed by atoms with Crippen molar-refractivity contribution in [1.29, 1.82) is 0 Å². The fraction of sp³-hybridized carbons (Fsp3) is 0.385. The Morgan fingerprint density at radius 3 is 2.83 bits per heavy atom. The Bertz CT molecular complexity index is 613. The molecule has 0 bridgehead atoms. The maximum absolute atomic E-state index is 6.16. The molecule has 0 aliphatic carbocycles. The van der Waals surface area contributed by atoms with Crippen LogP contribution in [0.2, 0.25) is 5.02 Å². The van der Waals surface area contributed by atoms with Crippen LogP contribution in [0.25, 0.3) is 5.69 Å². The summed E-state index contributed by atoms with van der Waals surface area (Å²) in [5.41, 5.74) is 2.01. The molecule has 0 aliphatic rings. The molecule has 0 atom stereocenters. The zero-order valence-electron chi connectivity index (χ0n) is 10.7. The summed E-state index contributed by atoms with van der Waals surface area (Å²) in [4.78, 5) is 0. The zero-order chi connectivity index (χ0) is 13.3. The number of nitrogens with zero attached hydrogens (tertiary/aromatic N) is 2. The van der Waals surface area contributed by atoms with Gasteiger partial charge >= 0.3 is 0 Å². The van der Waals surface area contributed by atoms with Crippen molar-refractivity contribution in [2.24, 2.45) is 5.92 Å². The van der Waals surface area contributed by atoms with Gasteiger partial charge in [-0.1, -0.05) is 31.5 Å². The van der Waals surface area contributed by atoms with E-state index in [1.807, 2.05) is 29.7 Å². The number of aromatic amines is 1. The van der Waals surface area contributed by atoms with Crippen LogP contribution >= 0.6 is 23.8 Å². The number of aromatic nitrogens is 3. The molecule has 0 radical (unpaired) electrons. The third kappa shape index (κ3) is 2.49. The Hall–Kier alpha value is -1.13. The van der Waals surface area contributed by atoms with Crippen LogP contribution in [0.1, 0.15) is 25.2 Å². The summed E-state index contributed by atoms with van der Waals surface area (Å²) in [6.07, 6.45) is 0.874. The first-order valence-electron chi connectivity index (χ1n) is 5.92. The van der Waals surface area contributed by atoms with E-state index >= 15 is 0 Å². The van der Waals surface area contributed by atoms with Gasteiger partial charge in [0, 0.05) is 11.4 Å². The summed E-state index contributed by atoms with van der Waals surface area (Å²) < 4.78 is 2.58. The molecule has 0 spiro atoms. The van der Waals surface area contributed by atoms with Gasteiger partial charge < -0.3 is 0 Å². The van der Waals surface area contributed by atoms with Crippen LogP contribution in [0, 0.1) is 17.6 Å². The first kappa shape index (κ1) is 13.3. The van der Waals surface area contributed by atoms with Crippen molar-refractivity contribution >= 4 is 23.8 Å². The zero-order valence-corrected chi connectivity index (χ0v) is 12.3. The van der Waals surface area contributed by atoms with Crippen molar-refractivity contribution in [3.63, 3.8) is 0 Å². The molecule has 1 N–H and O–H groups in total. The van der Waals surface area contributed by atoms with E-state index in [0.717, 1.165) is 28.5 Å². The van der Waals surface area contributed by atoms with Crippen molar-refractivity contribution in [2.45, 2.75) is 27.2 Å². The fourth-order valence-electron chi connectivity index (χ4n) is 1.92. The Morgan fingerprint density at radius 1 is 1.44 bits per heavy atom. The van der Waals surface area contributed by atoms with E-state index < -0.39 is 0 Å². The first-order chi connectivity index (χ1) is 8.50. The van der Waals surface area contributed by atoms with E-state index in [2.05, 4.69) is 24.0 Å². The van der Waals surface area contributed by atoms with Crippen LogP contribution in [-0.2, 0) is 6.42 Å². The van der Waals surface area contributed by atoms with E-state index in [0.29, 0.717) is 10.7 Å². The molecule has 0 aliphatic heterocycles. The van der Waals surface area contributed by atoms with E-state index in [4.69, 9.17) is 23.8 Å². The molecule has 0 unspecified atom stereocenters. The predicted octanol–water partition coefficient (Wildman–Crippen LogP) is 4.09. The van der Waals surface area contributed by atoms with Crippen LogP contribution in [0.3, 0.4) is 0 Å². The summed E-state index contributed by atoms with van der Waals surface area (Å²) in [6.45, 7) is 6.31. The number of halogens is 1. The summed E-state index contributed by atoms with van der Waals surface area (Å²) >= 11 is 11.5. The lowest BCUT2D eigenvalue weighted by Crippen LogP contribution is -2.06. The maximum atomic E-state index is 6.16. The lowest BCUT2D eigenvalue weighted by molar-refractivity contribution is 0.611. The average Bonchev–Trinajstić information content (AvgIpc) is 2.63. The minimum Gasteiger partial charge on any atom is -0.272 e. The van der Waals surface area contributed by atoms with Crippen molar-refractivity contribution in [3.05, 3.63) is 39.4 Å². The summed E-state index contributed by atoms with van der Waals surface area (Å²) in [6, 6.07) is 5.82. The number of nitrogens with one attached hydrogen (secondary N) is 1. The van der Waals surface area contributed by atoms with Crippen LogP contribution in [-0.4, -0.2) is 14.8 Å². The molecule has 1 aromatic heterocycles. The molecule has 0 amide bonds. The van der Waals surface area contributed by atoms with Gasteiger partial charge in [-0.15, -0.1) is 0 Å². The molecule has 5 heteroatoms. The van der Waals surface area contributed by atoms with Gasteiger partial charge in [-0.05, 0) is 42.8 Å². The van der Waals surface area contributed by atoms with Gasteiger partial charge in [-0.25, -0.2) is 0 Å². The molecule has 1 heterocycles. The van der Waals surface area contributed by atoms with Crippen LogP contribution in [0.4, 0.5) is 0 Å². The van der Waals surface area contributed by atoms with Gasteiger partial charge in [-0.2, -0.15) is 5.10 Å².